The lowest BCUT2D eigenvalue weighted by Gasteiger charge is -2.13. The quantitative estimate of drug-likeness (QED) is 0.803. The van der Waals surface area contributed by atoms with Gasteiger partial charge in [-0.15, -0.1) is 0 Å². The summed E-state index contributed by atoms with van der Waals surface area (Å²) in [5.41, 5.74) is 0.820. The van der Waals surface area contributed by atoms with Crippen LogP contribution in [0.15, 0.2) is 18.2 Å². The van der Waals surface area contributed by atoms with Crippen LogP contribution in [-0.2, 0) is 4.74 Å². The molecule has 0 heterocycles. The van der Waals surface area contributed by atoms with Crippen LogP contribution in [0.5, 0.6) is 11.5 Å². The predicted octanol–water partition coefficient (Wildman–Crippen LogP) is 3.22. The molecule has 0 aliphatic carbocycles. The minimum Gasteiger partial charge on any atom is -0.490 e. The Morgan fingerprint density at radius 1 is 1.06 bits per heavy atom. The number of hydrogen-bond acceptors (Lipinski definition) is 4. The number of nitrogens with one attached hydrogen (secondary N) is 1. The van der Waals surface area contributed by atoms with Crippen molar-refractivity contribution in [1.82, 2.24) is 0 Å². The zero-order chi connectivity index (χ0) is 13.4. The highest BCUT2D eigenvalue weighted by molar-refractivity contribution is 7.80. The first-order chi connectivity index (χ1) is 8.71. The molecule has 0 fully saturated rings. The van der Waals surface area contributed by atoms with E-state index in [1.165, 1.54) is 0 Å². The zero-order valence-electron chi connectivity index (χ0n) is 11.0. The summed E-state index contributed by atoms with van der Waals surface area (Å²) >= 11 is 5.02. The number of anilines is 1. The fraction of sp³-hybridized carbons (Fsp3) is 0.462. The van der Waals surface area contributed by atoms with Crippen molar-refractivity contribution in [3.05, 3.63) is 18.2 Å². The number of benzene rings is 1. The van der Waals surface area contributed by atoms with Gasteiger partial charge in [-0.3, -0.25) is 0 Å². The second kappa shape index (κ2) is 7.76. The highest BCUT2D eigenvalue weighted by Crippen LogP contribution is 2.30. The standard InChI is InChI=1S/C13H19NO3S/c1-4-15-11-8-7-10(9-12(11)16-5-2)14-13(18)17-6-3/h7-9H,4-6H2,1-3H3,(H,14,18). The molecule has 0 saturated carbocycles. The van der Waals surface area contributed by atoms with Gasteiger partial charge in [-0.25, -0.2) is 0 Å². The minimum atomic E-state index is 0.351. The van der Waals surface area contributed by atoms with Crippen LogP contribution >= 0.6 is 12.2 Å². The van der Waals surface area contributed by atoms with E-state index in [9.17, 15) is 0 Å². The van der Waals surface area contributed by atoms with Crippen LogP contribution in [0.4, 0.5) is 5.69 Å². The Hall–Kier alpha value is -1.49. The summed E-state index contributed by atoms with van der Waals surface area (Å²) in [7, 11) is 0. The lowest BCUT2D eigenvalue weighted by atomic mass is 10.2. The number of rotatable bonds is 6. The van der Waals surface area contributed by atoms with Gasteiger partial charge in [0.25, 0.3) is 5.17 Å². The van der Waals surface area contributed by atoms with E-state index in [1.807, 2.05) is 39.0 Å². The lowest BCUT2D eigenvalue weighted by Crippen LogP contribution is -2.13. The van der Waals surface area contributed by atoms with Crippen molar-refractivity contribution in [3.8, 4) is 11.5 Å². The molecule has 0 bridgehead atoms. The predicted molar refractivity (Wildman–Crippen MR) is 76.6 cm³/mol. The Bertz CT molecular complexity index is 396. The van der Waals surface area contributed by atoms with Crippen molar-refractivity contribution < 1.29 is 14.2 Å². The second-order valence-corrected chi connectivity index (χ2v) is 3.74. The maximum atomic E-state index is 5.52. The summed E-state index contributed by atoms with van der Waals surface area (Å²) in [6.45, 7) is 7.48. The molecule has 18 heavy (non-hydrogen) atoms. The van der Waals surface area contributed by atoms with E-state index < -0.39 is 0 Å². The largest absolute Gasteiger partial charge is 0.490 e. The molecule has 4 nitrogen and oxygen atoms in total. The first kappa shape index (κ1) is 14.6. The normalized spacial score (nSPS) is 9.72. The molecule has 0 aliphatic heterocycles. The topological polar surface area (TPSA) is 39.7 Å². The highest BCUT2D eigenvalue weighted by Gasteiger charge is 2.07. The zero-order valence-corrected chi connectivity index (χ0v) is 11.8. The molecule has 0 unspecified atom stereocenters. The molecule has 100 valence electrons. The van der Waals surface area contributed by atoms with Gasteiger partial charge in [-0.05, 0) is 45.1 Å². The molecule has 5 heteroatoms. The first-order valence-corrected chi connectivity index (χ1v) is 6.45. The first-order valence-electron chi connectivity index (χ1n) is 6.04. The molecule has 0 aliphatic rings. The SMILES string of the molecule is CCOC(=S)Nc1ccc(OCC)c(OCC)c1. The molecular weight excluding hydrogens is 250 g/mol. The third kappa shape index (κ3) is 4.41. The Labute approximate surface area is 113 Å². The Balaban J connectivity index is 2.81. The van der Waals surface area contributed by atoms with E-state index in [4.69, 9.17) is 26.4 Å². The molecule has 1 N–H and O–H groups in total. The van der Waals surface area contributed by atoms with Crippen LogP contribution < -0.4 is 14.8 Å². The van der Waals surface area contributed by atoms with Crippen LogP contribution in [0.2, 0.25) is 0 Å². The van der Waals surface area contributed by atoms with Gasteiger partial charge < -0.3 is 19.5 Å². The maximum absolute atomic E-state index is 5.52. The van der Waals surface area contributed by atoms with Crippen LogP contribution in [0.3, 0.4) is 0 Å². The van der Waals surface area contributed by atoms with Gasteiger partial charge in [-0.1, -0.05) is 0 Å². The summed E-state index contributed by atoms with van der Waals surface area (Å²) in [5.74, 6) is 1.43. The molecular formula is C13H19NO3S. The molecule has 0 atom stereocenters. The van der Waals surface area contributed by atoms with E-state index in [0.717, 1.165) is 11.4 Å². The molecule has 0 spiro atoms. The number of thiocarbonyl (C=S) groups is 1. The van der Waals surface area contributed by atoms with Crippen molar-refractivity contribution in [2.24, 2.45) is 0 Å². The molecule has 1 aromatic carbocycles. The number of hydrogen-bond donors (Lipinski definition) is 1. The van der Waals surface area contributed by atoms with E-state index in [1.54, 1.807) is 0 Å². The number of ether oxygens (including phenoxy) is 3. The van der Waals surface area contributed by atoms with Gasteiger partial charge in [0.15, 0.2) is 11.5 Å². The molecule has 1 aromatic rings. The van der Waals surface area contributed by atoms with Crippen LogP contribution in [-0.4, -0.2) is 25.0 Å². The minimum absolute atomic E-state index is 0.351. The molecule has 0 saturated heterocycles. The summed E-state index contributed by atoms with van der Waals surface area (Å²) in [5, 5.41) is 3.34. The summed E-state index contributed by atoms with van der Waals surface area (Å²) in [4.78, 5) is 0. The Morgan fingerprint density at radius 3 is 2.33 bits per heavy atom. The van der Waals surface area contributed by atoms with Gasteiger partial charge >= 0.3 is 0 Å². The fourth-order valence-electron chi connectivity index (χ4n) is 1.41. The average Bonchev–Trinajstić information content (AvgIpc) is 2.33. The van der Waals surface area contributed by atoms with Crippen molar-refractivity contribution in [2.75, 3.05) is 25.1 Å². The van der Waals surface area contributed by atoms with Crippen LogP contribution in [0, 0.1) is 0 Å². The van der Waals surface area contributed by atoms with Gasteiger partial charge in [0, 0.05) is 11.8 Å². The van der Waals surface area contributed by atoms with E-state index in [2.05, 4.69) is 5.32 Å². The van der Waals surface area contributed by atoms with E-state index in [-0.39, 0.29) is 0 Å². The van der Waals surface area contributed by atoms with Gasteiger partial charge in [0.1, 0.15) is 0 Å². The average molecular weight is 269 g/mol. The molecule has 1 rings (SSSR count). The Kier molecular flexibility index (Phi) is 6.28. The monoisotopic (exact) mass is 269 g/mol. The molecule has 0 aromatic heterocycles. The van der Waals surface area contributed by atoms with Crippen LogP contribution in [0.25, 0.3) is 0 Å². The maximum Gasteiger partial charge on any atom is 0.261 e. The summed E-state index contributed by atoms with van der Waals surface area (Å²) < 4.78 is 16.2. The molecule has 0 amide bonds. The van der Waals surface area contributed by atoms with Crippen molar-refractivity contribution in [1.29, 1.82) is 0 Å². The van der Waals surface area contributed by atoms with Crippen LogP contribution in [0.1, 0.15) is 20.8 Å². The van der Waals surface area contributed by atoms with Gasteiger partial charge in [-0.2, -0.15) is 0 Å². The second-order valence-electron chi connectivity index (χ2n) is 3.37. The lowest BCUT2D eigenvalue weighted by molar-refractivity contribution is 0.288. The highest BCUT2D eigenvalue weighted by atomic mass is 32.1. The third-order valence-electron chi connectivity index (χ3n) is 2.07. The molecule has 0 radical (unpaired) electrons. The van der Waals surface area contributed by atoms with Crippen molar-refractivity contribution >= 4 is 23.1 Å². The summed E-state index contributed by atoms with van der Waals surface area (Å²) in [6, 6.07) is 5.57. The Morgan fingerprint density at radius 2 is 1.72 bits per heavy atom. The smallest absolute Gasteiger partial charge is 0.261 e. The summed E-state index contributed by atoms with van der Waals surface area (Å²) in [6.07, 6.45) is 0. The van der Waals surface area contributed by atoms with Crippen molar-refractivity contribution in [3.63, 3.8) is 0 Å². The van der Waals surface area contributed by atoms with Crippen molar-refractivity contribution in [2.45, 2.75) is 20.8 Å². The fourth-order valence-corrected chi connectivity index (χ4v) is 1.65. The van der Waals surface area contributed by atoms with Gasteiger partial charge in [0.2, 0.25) is 0 Å². The van der Waals surface area contributed by atoms with E-state index in [0.29, 0.717) is 30.7 Å². The third-order valence-corrected chi connectivity index (χ3v) is 2.29. The van der Waals surface area contributed by atoms with Gasteiger partial charge in [0.05, 0.1) is 19.8 Å². The van der Waals surface area contributed by atoms with E-state index >= 15 is 0 Å².